The van der Waals surface area contributed by atoms with Gasteiger partial charge in [-0.05, 0) is 25.2 Å². The second-order valence-electron chi connectivity index (χ2n) is 4.30. The van der Waals surface area contributed by atoms with Gasteiger partial charge in [0.15, 0.2) is 0 Å². The van der Waals surface area contributed by atoms with Crippen LogP contribution in [0.15, 0.2) is 0 Å². The number of rotatable bonds is 5. The Bertz CT molecular complexity index is 273. The second-order valence-corrected chi connectivity index (χ2v) is 6.81. The van der Waals surface area contributed by atoms with Gasteiger partial charge >= 0.3 is 0 Å². The fraction of sp³-hybridized carbons (Fsp3) is 1.00. The zero-order valence-electron chi connectivity index (χ0n) is 9.28. The molecular weight excluding hydrogens is 234 g/mol. The minimum atomic E-state index is -3.52. The highest BCUT2D eigenvalue weighted by atomic mass is 35.7. The number of halogens is 1. The highest BCUT2D eigenvalue weighted by molar-refractivity contribution is 8.11. The smallest absolute Gasteiger partial charge is 0.195 e. The summed E-state index contributed by atoms with van der Waals surface area (Å²) in [5, 5.41) is 0. The molecule has 15 heavy (non-hydrogen) atoms. The summed E-state index contributed by atoms with van der Waals surface area (Å²) in [5.74, 6) is 0.513. The van der Waals surface area contributed by atoms with E-state index in [1.807, 2.05) is 6.92 Å². The summed E-state index contributed by atoms with van der Waals surface area (Å²) in [5.41, 5.74) is 0. The van der Waals surface area contributed by atoms with Crippen molar-refractivity contribution in [2.45, 2.75) is 45.4 Å². The third-order valence-corrected chi connectivity index (χ3v) is 4.50. The van der Waals surface area contributed by atoms with Crippen LogP contribution in [0.5, 0.6) is 0 Å². The Labute approximate surface area is 97.3 Å². The maximum atomic E-state index is 11.3. The first-order valence-electron chi connectivity index (χ1n) is 5.73. The van der Waals surface area contributed by atoms with Gasteiger partial charge in [0.1, 0.15) is 0 Å². The van der Waals surface area contributed by atoms with E-state index in [2.05, 4.69) is 0 Å². The molecule has 5 heteroatoms. The molecule has 0 aromatic rings. The van der Waals surface area contributed by atoms with Crippen LogP contribution >= 0.6 is 10.7 Å². The maximum Gasteiger partial charge on any atom is 0.299 e. The van der Waals surface area contributed by atoms with Gasteiger partial charge in [-0.15, -0.1) is 0 Å². The molecule has 0 aromatic heterocycles. The first-order valence-corrected chi connectivity index (χ1v) is 8.00. The highest BCUT2D eigenvalue weighted by Crippen LogP contribution is 2.25. The summed E-state index contributed by atoms with van der Waals surface area (Å²) in [6, 6.07) is 0. The van der Waals surface area contributed by atoms with Crippen LogP contribution in [0, 0.1) is 5.92 Å². The fourth-order valence-electron chi connectivity index (χ4n) is 2.20. The number of nitrogens with zero attached hydrogens (tertiary/aromatic N) is 1. The summed E-state index contributed by atoms with van der Waals surface area (Å²) in [4.78, 5) is 0. The molecule has 0 heterocycles. The van der Waals surface area contributed by atoms with E-state index in [9.17, 15) is 8.42 Å². The van der Waals surface area contributed by atoms with Crippen LogP contribution < -0.4 is 0 Å². The average molecular weight is 254 g/mol. The van der Waals surface area contributed by atoms with E-state index in [-0.39, 0.29) is 0 Å². The van der Waals surface area contributed by atoms with Crippen LogP contribution in [-0.4, -0.2) is 25.8 Å². The molecular formula is C10H20ClNO2S. The lowest BCUT2D eigenvalue weighted by molar-refractivity contribution is 0.282. The molecule has 90 valence electrons. The molecule has 1 aliphatic carbocycles. The van der Waals surface area contributed by atoms with E-state index in [0.717, 1.165) is 19.3 Å². The molecule has 0 atom stereocenters. The van der Waals surface area contributed by atoms with E-state index in [4.69, 9.17) is 10.7 Å². The van der Waals surface area contributed by atoms with Crippen LogP contribution in [0.25, 0.3) is 0 Å². The number of hydrogen-bond donors (Lipinski definition) is 0. The molecule has 1 rings (SSSR count). The van der Waals surface area contributed by atoms with Gasteiger partial charge in [-0.2, -0.15) is 12.7 Å². The Morgan fingerprint density at radius 1 is 1.27 bits per heavy atom. The molecule has 0 saturated heterocycles. The lowest BCUT2D eigenvalue weighted by atomic mass is 9.89. The molecule has 0 aliphatic heterocycles. The lowest BCUT2D eigenvalue weighted by Crippen LogP contribution is -2.33. The molecule has 0 amide bonds. The van der Waals surface area contributed by atoms with Gasteiger partial charge in [-0.25, -0.2) is 0 Å². The van der Waals surface area contributed by atoms with Crippen molar-refractivity contribution in [1.29, 1.82) is 0 Å². The zero-order valence-corrected chi connectivity index (χ0v) is 10.9. The molecule has 0 aromatic carbocycles. The zero-order chi connectivity index (χ0) is 11.3. The highest BCUT2D eigenvalue weighted by Gasteiger charge is 2.23. The van der Waals surface area contributed by atoms with Crippen LogP contribution in [0.4, 0.5) is 0 Å². The fourth-order valence-corrected chi connectivity index (χ4v) is 3.36. The monoisotopic (exact) mass is 253 g/mol. The molecule has 1 saturated carbocycles. The summed E-state index contributed by atoms with van der Waals surface area (Å²) >= 11 is 0. The SMILES string of the molecule is CCCN(CC1CCCCC1)S(=O)(=O)Cl. The first-order chi connectivity index (χ1) is 7.04. The Morgan fingerprint density at radius 2 is 1.87 bits per heavy atom. The van der Waals surface area contributed by atoms with Crippen LogP contribution in [0.3, 0.4) is 0 Å². The largest absolute Gasteiger partial charge is 0.299 e. The van der Waals surface area contributed by atoms with Crippen molar-refractivity contribution in [1.82, 2.24) is 4.31 Å². The van der Waals surface area contributed by atoms with Gasteiger partial charge < -0.3 is 0 Å². The molecule has 1 fully saturated rings. The Kier molecular flexibility index (Phi) is 5.36. The summed E-state index contributed by atoms with van der Waals surface area (Å²) in [6.07, 6.45) is 6.86. The van der Waals surface area contributed by atoms with Crippen molar-refractivity contribution in [2.24, 2.45) is 5.92 Å². The summed E-state index contributed by atoms with van der Waals surface area (Å²) < 4.78 is 24.0. The van der Waals surface area contributed by atoms with Crippen molar-refractivity contribution < 1.29 is 8.42 Å². The van der Waals surface area contributed by atoms with Crippen LogP contribution in [0.2, 0.25) is 0 Å². The van der Waals surface area contributed by atoms with E-state index < -0.39 is 9.24 Å². The Hall–Kier alpha value is 0.200. The van der Waals surface area contributed by atoms with E-state index >= 15 is 0 Å². The predicted octanol–water partition coefficient (Wildman–Crippen LogP) is 2.76. The van der Waals surface area contributed by atoms with Crippen molar-refractivity contribution in [3.05, 3.63) is 0 Å². The normalized spacial score (nSPS) is 19.7. The van der Waals surface area contributed by atoms with E-state index in [1.54, 1.807) is 0 Å². The standard InChI is InChI=1S/C10H20ClNO2S/c1-2-8-12(15(11,13)14)9-10-6-4-3-5-7-10/h10H,2-9H2,1H3. The summed E-state index contributed by atoms with van der Waals surface area (Å²) in [7, 11) is 1.87. The van der Waals surface area contributed by atoms with Gasteiger partial charge in [0.2, 0.25) is 0 Å². The minimum absolute atomic E-state index is 0.513. The molecule has 0 bridgehead atoms. The topological polar surface area (TPSA) is 37.4 Å². The maximum absolute atomic E-state index is 11.3. The lowest BCUT2D eigenvalue weighted by Gasteiger charge is -2.27. The predicted molar refractivity (Wildman–Crippen MR) is 63.2 cm³/mol. The third kappa shape index (κ3) is 4.70. The van der Waals surface area contributed by atoms with Crippen molar-refractivity contribution in [2.75, 3.05) is 13.1 Å². The molecule has 0 N–H and O–H groups in total. The van der Waals surface area contributed by atoms with Gasteiger partial charge in [0.25, 0.3) is 9.24 Å². The van der Waals surface area contributed by atoms with Gasteiger partial charge in [-0.3, -0.25) is 0 Å². The van der Waals surface area contributed by atoms with E-state index in [1.165, 1.54) is 23.6 Å². The van der Waals surface area contributed by atoms with E-state index in [0.29, 0.717) is 19.0 Å². The van der Waals surface area contributed by atoms with Gasteiger partial charge in [0.05, 0.1) is 0 Å². The average Bonchev–Trinajstić information content (AvgIpc) is 2.17. The summed E-state index contributed by atoms with van der Waals surface area (Å²) in [6.45, 7) is 3.12. The Balaban J connectivity index is 2.50. The van der Waals surface area contributed by atoms with Crippen molar-refractivity contribution in [3.63, 3.8) is 0 Å². The van der Waals surface area contributed by atoms with Gasteiger partial charge in [0, 0.05) is 23.8 Å². The van der Waals surface area contributed by atoms with Crippen LogP contribution in [-0.2, 0) is 9.24 Å². The first kappa shape index (κ1) is 13.3. The second kappa shape index (κ2) is 6.06. The van der Waals surface area contributed by atoms with Crippen molar-refractivity contribution >= 4 is 19.9 Å². The van der Waals surface area contributed by atoms with Crippen LogP contribution in [0.1, 0.15) is 45.4 Å². The number of hydrogen-bond acceptors (Lipinski definition) is 2. The Morgan fingerprint density at radius 3 is 2.33 bits per heavy atom. The molecule has 0 unspecified atom stereocenters. The third-order valence-electron chi connectivity index (χ3n) is 2.97. The molecule has 3 nitrogen and oxygen atoms in total. The van der Waals surface area contributed by atoms with Gasteiger partial charge in [-0.1, -0.05) is 26.2 Å². The minimum Gasteiger partial charge on any atom is -0.195 e. The molecule has 1 aliphatic rings. The van der Waals surface area contributed by atoms with Crippen molar-refractivity contribution in [3.8, 4) is 0 Å². The molecule has 0 spiro atoms. The molecule has 0 radical (unpaired) electrons. The quantitative estimate of drug-likeness (QED) is 0.707.